The summed E-state index contributed by atoms with van der Waals surface area (Å²) < 4.78 is 12.9. The molecular weight excluding hydrogens is 404 g/mol. The molecular formula is C26H34O4Si. The van der Waals surface area contributed by atoms with Crippen LogP contribution in [0.5, 0.6) is 0 Å². The molecule has 0 unspecified atom stereocenters. The van der Waals surface area contributed by atoms with Gasteiger partial charge in [-0.25, -0.2) is 0 Å². The van der Waals surface area contributed by atoms with Crippen LogP contribution in [0.2, 0.25) is 18.1 Å². The van der Waals surface area contributed by atoms with E-state index in [9.17, 15) is 9.90 Å². The van der Waals surface area contributed by atoms with Crippen molar-refractivity contribution in [2.24, 2.45) is 5.92 Å². The maximum atomic E-state index is 11.9. The Morgan fingerprint density at radius 2 is 1.48 bits per heavy atom. The Bertz CT molecular complexity index is 863. The van der Waals surface area contributed by atoms with Gasteiger partial charge in [-0.3, -0.25) is 4.79 Å². The van der Waals surface area contributed by atoms with Gasteiger partial charge < -0.3 is 14.3 Å². The van der Waals surface area contributed by atoms with E-state index in [1.165, 1.54) is 0 Å². The van der Waals surface area contributed by atoms with Crippen molar-refractivity contribution in [3.63, 3.8) is 0 Å². The number of benzene rings is 2. The minimum atomic E-state index is -2.17. The van der Waals surface area contributed by atoms with E-state index >= 15 is 0 Å². The van der Waals surface area contributed by atoms with Crippen molar-refractivity contribution < 1.29 is 19.1 Å². The summed E-state index contributed by atoms with van der Waals surface area (Å²) in [6, 6.07) is 19.4. The molecule has 4 nitrogen and oxygen atoms in total. The maximum Gasteiger partial charge on any atom is 0.294 e. The van der Waals surface area contributed by atoms with Gasteiger partial charge in [0, 0.05) is 17.5 Å². The Kier molecular flexibility index (Phi) is 6.60. The lowest BCUT2D eigenvalue weighted by Gasteiger charge is -2.45. The number of ether oxygens (including phenoxy) is 1. The van der Waals surface area contributed by atoms with E-state index < -0.39 is 25.9 Å². The second kappa shape index (κ2) is 8.73. The molecule has 2 aromatic rings. The van der Waals surface area contributed by atoms with E-state index in [2.05, 4.69) is 40.4 Å². The standard InChI is InChI=1S/C26H34O4Si/c1-19-22(28)17-23(30-31(5,6)25(2,3)4)24(19)26(29-18-27,20-13-9-7-10-14-20)21-15-11-8-12-16-21/h7-16,18,22-24,28H,1,17H2,2-6H3/t22-,23+,24-/m1/s1. The summed E-state index contributed by atoms with van der Waals surface area (Å²) in [5, 5.41) is 10.9. The molecule has 0 aromatic heterocycles. The molecule has 3 rings (SSSR count). The summed E-state index contributed by atoms with van der Waals surface area (Å²) in [4.78, 5) is 11.9. The van der Waals surface area contributed by atoms with Gasteiger partial charge in [-0.2, -0.15) is 0 Å². The molecule has 0 amide bonds. The van der Waals surface area contributed by atoms with Crippen LogP contribution >= 0.6 is 0 Å². The Balaban J connectivity index is 2.23. The van der Waals surface area contributed by atoms with Crippen LogP contribution in [-0.4, -0.2) is 32.1 Å². The summed E-state index contributed by atoms with van der Waals surface area (Å²) in [7, 11) is -2.17. The summed E-state index contributed by atoms with van der Waals surface area (Å²) in [6.07, 6.45) is -0.620. The lowest BCUT2D eigenvalue weighted by atomic mass is 9.72. The van der Waals surface area contributed by atoms with Crippen LogP contribution in [0.1, 0.15) is 38.3 Å². The van der Waals surface area contributed by atoms with Crippen molar-refractivity contribution in [2.45, 2.75) is 63.1 Å². The average molecular weight is 439 g/mol. The predicted molar refractivity (Wildman–Crippen MR) is 126 cm³/mol. The smallest absolute Gasteiger partial charge is 0.294 e. The first-order valence-electron chi connectivity index (χ1n) is 10.8. The molecule has 0 bridgehead atoms. The van der Waals surface area contributed by atoms with Gasteiger partial charge in [-0.15, -0.1) is 0 Å². The van der Waals surface area contributed by atoms with E-state index in [1.54, 1.807) is 0 Å². The topological polar surface area (TPSA) is 55.8 Å². The molecule has 0 radical (unpaired) electrons. The van der Waals surface area contributed by atoms with Crippen LogP contribution in [0.15, 0.2) is 72.8 Å². The maximum absolute atomic E-state index is 11.9. The summed E-state index contributed by atoms with van der Waals surface area (Å²) >= 11 is 0. The van der Waals surface area contributed by atoms with Crippen molar-refractivity contribution in [3.8, 4) is 0 Å². The van der Waals surface area contributed by atoms with Gasteiger partial charge in [0.05, 0.1) is 18.1 Å². The zero-order chi connectivity index (χ0) is 22.9. The van der Waals surface area contributed by atoms with Gasteiger partial charge in [-0.05, 0) is 23.7 Å². The highest BCUT2D eigenvalue weighted by atomic mass is 28.4. The Morgan fingerprint density at radius 1 is 1.00 bits per heavy atom. The zero-order valence-corrected chi connectivity index (χ0v) is 20.2. The number of aliphatic hydroxyl groups excluding tert-OH is 1. The molecule has 31 heavy (non-hydrogen) atoms. The monoisotopic (exact) mass is 438 g/mol. The van der Waals surface area contributed by atoms with Gasteiger partial charge in [0.25, 0.3) is 6.47 Å². The number of carbonyl (C=O) groups excluding carboxylic acids is 1. The molecule has 0 aliphatic heterocycles. The van der Waals surface area contributed by atoms with Crippen molar-refractivity contribution in [1.82, 2.24) is 0 Å². The Labute approximate surface area is 187 Å². The summed E-state index contributed by atoms with van der Waals surface area (Å²) in [6.45, 7) is 15.7. The van der Waals surface area contributed by atoms with Crippen molar-refractivity contribution in [1.29, 1.82) is 0 Å². The number of hydrogen-bond donors (Lipinski definition) is 1. The fraction of sp³-hybridized carbons (Fsp3) is 0.423. The molecule has 166 valence electrons. The van der Waals surface area contributed by atoms with E-state index in [-0.39, 0.29) is 11.1 Å². The van der Waals surface area contributed by atoms with E-state index in [0.717, 1.165) is 11.1 Å². The minimum Gasteiger partial charge on any atom is -0.451 e. The Hall–Kier alpha value is -2.21. The third-order valence-corrected chi connectivity index (χ3v) is 11.5. The van der Waals surface area contributed by atoms with Crippen LogP contribution in [0.3, 0.4) is 0 Å². The first-order valence-corrected chi connectivity index (χ1v) is 13.7. The minimum absolute atomic E-state index is 0.0000950. The predicted octanol–water partition coefficient (Wildman–Crippen LogP) is 5.43. The Morgan fingerprint density at radius 3 is 1.90 bits per heavy atom. The van der Waals surface area contributed by atoms with Gasteiger partial charge in [0.2, 0.25) is 0 Å². The van der Waals surface area contributed by atoms with E-state index in [0.29, 0.717) is 18.5 Å². The largest absolute Gasteiger partial charge is 0.451 e. The molecule has 2 aromatic carbocycles. The molecule has 0 spiro atoms. The van der Waals surface area contributed by atoms with Gasteiger partial charge >= 0.3 is 0 Å². The first kappa shape index (κ1) is 23.5. The zero-order valence-electron chi connectivity index (χ0n) is 19.2. The molecule has 1 fully saturated rings. The highest BCUT2D eigenvalue weighted by Gasteiger charge is 2.56. The third kappa shape index (κ3) is 4.27. The summed E-state index contributed by atoms with van der Waals surface area (Å²) in [5.41, 5.74) is 1.15. The van der Waals surface area contributed by atoms with Gasteiger partial charge in [0.1, 0.15) is 0 Å². The SMILES string of the molecule is C=C1[C@H](O)C[C@H](O[Si](C)(C)C(C)(C)C)[C@@H]1C(OC=O)(c1ccccc1)c1ccccc1. The molecule has 1 aliphatic carbocycles. The molecule has 3 atom stereocenters. The average Bonchev–Trinajstić information content (AvgIpc) is 3.00. The number of rotatable bonds is 7. The fourth-order valence-electron chi connectivity index (χ4n) is 4.33. The number of carbonyl (C=O) groups is 1. The van der Waals surface area contributed by atoms with Crippen LogP contribution in [-0.2, 0) is 19.6 Å². The quantitative estimate of drug-likeness (QED) is 0.356. The third-order valence-electron chi connectivity index (χ3n) is 6.98. The van der Waals surface area contributed by atoms with Crippen LogP contribution in [0, 0.1) is 5.92 Å². The lowest BCUT2D eigenvalue weighted by Crippen LogP contribution is -2.50. The molecule has 0 heterocycles. The second-order valence-corrected chi connectivity index (χ2v) is 14.7. The highest BCUT2D eigenvalue weighted by molar-refractivity contribution is 6.74. The first-order chi connectivity index (χ1) is 14.5. The lowest BCUT2D eigenvalue weighted by molar-refractivity contribution is -0.147. The van der Waals surface area contributed by atoms with E-state index in [1.807, 2.05) is 60.7 Å². The number of aliphatic hydroxyl groups is 1. The van der Waals surface area contributed by atoms with Crippen molar-refractivity contribution >= 4 is 14.8 Å². The van der Waals surface area contributed by atoms with Crippen LogP contribution in [0.4, 0.5) is 0 Å². The molecule has 0 saturated heterocycles. The molecule has 5 heteroatoms. The second-order valence-electron chi connectivity index (χ2n) is 9.90. The van der Waals surface area contributed by atoms with Crippen molar-refractivity contribution in [2.75, 3.05) is 0 Å². The van der Waals surface area contributed by atoms with Crippen molar-refractivity contribution in [3.05, 3.63) is 83.9 Å². The highest BCUT2D eigenvalue weighted by Crippen LogP contribution is 2.52. The number of hydrogen-bond acceptors (Lipinski definition) is 4. The van der Waals surface area contributed by atoms with Crippen LogP contribution in [0.25, 0.3) is 0 Å². The molecule has 1 N–H and O–H groups in total. The van der Waals surface area contributed by atoms with Crippen LogP contribution < -0.4 is 0 Å². The fourth-order valence-corrected chi connectivity index (χ4v) is 5.67. The molecule has 1 saturated carbocycles. The van der Waals surface area contributed by atoms with E-state index in [4.69, 9.17) is 9.16 Å². The normalized spacial score (nSPS) is 22.4. The van der Waals surface area contributed by atoms with Gasteiger partial charge in [-0.1, -0.05) is 88.0 Å². The molecule has 1 aliphatic rings. The van der Waals surface area contributed by atoms with Gasteiger partial charge in [0.15, 0.2) is 13.9 Å². The summed E-state index contributed by atoms with van der Waals surface area (Å²) in [5.74, 6) is -0.424.